The average Bonchev–Trinajstić information content (AvgIpc) is 3.49. The van der Waals surface area contributed by atoms with Crippen LogP contribution in [0.4, 0.5) is 0 Å². The lowest BCUT2D eigenvalue weighted by Crippen LogP contribution is -2.32. The Bertz CT molecular complexity index is 1830. The summed E-state index contributed by atoms with van der Waals surface area (Å²) in [6.45, 7) is 7.74. The fourth-order valence-corrected chi connectivity index (χ4v) is 5.75. The second kappa shape index (κ2) is 18.9. The zero-order chi connectivity index (χ0) is 35.9. The minimum atomic E-state index is -0.699. The molecule has 0 unspecified atom stereocenters. The molecule has 2 amide bonds. The zero-order valence-corrected chi connectivity index (χ0v) is 29.5. The maximum atomic E-state index is 14.0. The van der Waals surface area contributed by atoms with Crippen molar-refractivity contribution in [1.82, 2.24) is 19.4 Å². The van der Waals surface area contributed by atoms with Crippen molar-refractivity contribution in [2.24, 2.45) is 22.2 Å². The fourth-order valence-electron chi connectivity index (χ4n) is 5.75. The number of aliphatic imine (C=N–C) groups is 1. The molecule has 0 fully saturated rings. The number of benzene rings is 3. The highest BCUT2D eigenvalue weighted by Crippen LogP contribution is 2.31. The number of aryl methyl sites for hydroxylation is 1. The number of amides is 2. The minimum Gasteiger partial charge on any atom is -0.370 e. The SMILES string of the molecule is CCCCC.Cc1ccc(-c2nc3cc(C(=O)N(CCc4ccccc4)Cc4cccnc4)ccc3n2[C@@H](CCCN=C(N)N)C(N)=O)cc1. The molecule has 0 aliphatic heterocycles. The molecule has 10 heteroatoms. The van der Waals surface area contributed by atoms with Gasteiger partial charge in [0.25, 0.3) is 5.91 Å². The normalized spacial score (nSPS) is 11.3. The number of carbonyl (C=O) groups excluding carboxylic acids is 2. The lowest BCUT2D eigenvalue weighted by molar-refractivity contribution is -0.121. The summed E-state index contributed by atoms with van der Waals surface area (Å²) in [4.78, 5) is 42.0. The molecule has 0 radical (unpaired) electrons. The quantitative estimate of drug-likeness (QED) is 0.0647. The number of nitrogens with zero attached hydrogens (tertiary/aromatic N) is 5. The van der Waals surface area contributed by atoms with E-state index >= 15 is 0 Å². The first-order valence-corrected chi connectivity index (χ1v) is 17.4. The Balaban J connectivity index is 0.00000105. The Kier molecular flexibility index (Phi) is 14.1. The average molecular weight is 675 g/mol. The van der Waals surface area contributed by atoms with Crippen molar-refractivity contribution >= 4 is 28.8 Å². The van der Waals surface area contributed by atoms with Gasteiger partial charge in [-0.2, -0.15) is 0 Å². The molecule has 262 valence electrons. The molecule has 0 bridgehead atoms. The summed E-state index contributed by atoms with van der Waals surface area (Å²) in [5.74, 6) is -0.0167. The predicted molar refractivity (Wildman–Crippen MR) is 202 cm³/mol. The number of hydrogen-bond acceptors (Lipinski definition) is 5. The number of hydrogen-bond donors (Lipinski definition) is 3. The molecular formula is C40H50N8O2. The van der Waals surface area contributed by atoms with Crippen LogP contribution in [0, 0.1) is 6.92 Å². The van der Waals surface area contributed by atoms with Gasteiger partial charge in [-0.05, 0) is 61.6 Å². The number of imidazole rings is 1. The molecule has 0 saturated carbocycles. The summed E-state index contributed by atoms with van der Waals surface area (Å²) in [5.41, 5.74) is 22.8. The molecule has 5 aromatic rings. The van der Waals surface area contributed by atoms with Crippen LogP contribution in [0.5, 0.6) is 0 Å². The molecule has 6 N–H and O–H groups in total. The van der Waals surface area contributed by atoms with Crippen LogP contribution in [0.1, 0.15) is 79.0 Å². The van der Waals surface area contributed by atoms with Crippen LogP contribution >= 0.6 is 0 Å². The number of aromatic nitrogens is 3. The first-order chi connectivity index (χ1) is 24.2. The Labute approximate surface area is 295 Å². The smallest absolute Gasteiger partial charge is 0.254 e. The number of pyridine rings is 1. The largest absolute Gasteiger partial charge is 0.370 e. The Hall–Kier alpha value is -5.51. The van der Waals surface area contributed by atoms with E-state index in [0.717, 1.165) is 22.3 Å². The summed E-state index contributed by atoms with van der Waals surface area (Å²) in [6.07, 6.45) is 9.23. The van der Waals surface area contributed by atoms with Gasteiger partial charge in [-0.1, -0.05) is 99.3 Å². The highest BCUT2D eigenvalue weighted by Gasteiger charge is 2.26. The Morgan fingerprint density at radius 2 is 1.60 bits per heavy atom. The van der Waals surface area contributed by atoms with Crippen molar-refractivity contribution < 1.29 is 9.59 Å². The molecular weight excluding hydrogens is 624 g/mol. The summed E-state index contributed by atoms with van der Waals surface area (Å²) in [7, 11) is 0. The van der Waals surface area contributed by atoms with Crippen molar-refractivity contribution in [1.29, 1.82) is 0 Å². The third-order valence-corrected chi connectivity index (χ3v) is 8.42. The van der Waals surface area contributed by atoms with Gasteiger partial charge < -0.3 is 26.7 Å². The topological polar surface area (TPSA) is 159 Å². The molecule has 3 aromatic carbocycles. The second-order valence-corrected chi connectivity index (χ2v) is 12.4. The number of carbonyl (C=O) groups is 2. The third kappa shape index (κ3) is 10.5. The summed E-state index contributed by atoms with van der Waals surface area (Å²) >= 11 is 0. The summed E-state index contributed by atoms with van der Waals surface area (Å²) in [5, 5.41) is 0. The van der Waals surface area contributed by atoms with E-state index in [0.29, 0.717) is 61.3 Å². The molecule has 2 aromatic heterocycles. The zero-order valence-electron chi connectivity index (χ0n) is 29.5. The molecule has 5 rings (SSSR count). The summed E-state index contributed by atoms with van der Waals surface area (Å²) in [6, 6.07) is 26.6. The van der Waals surface area contributed by atoms with E-state index in [1.165, 1.54) is 19.3 Å². The number of nitrogens with two attached hydrogens (primary N) is 3. The predicted octanol–water partition coefficient (Wildman–Crippen LogP) is 6.57. The van der Waals surface area contributed by atoms with Crippen molar-refractivity contribution in [2.45, 2.75) is 71.9 Å². The molecule has 0 aliphatic rings. The minimum absolute atomic E-state index is 0.00224. The number of unbranched alkanes of at least 4 members (excludes halogenated alkanes) is 2. The van der Waals surface area contributed by atoms with E-state index < -0.39 is 11.9 Å². The standard InChI is InChI=1S/C35H38N8O2.C5H12/c1-24-11-13-27(14-12-24)33-41-29-21-28(15-16-30(29)43(33)31(32(36)44)10-6-19-40-35(37)38)34(45)42(23-26-9-5-18-39-22-26)20-17-25-7-3-2-4-8-25;1-3-5-4-2/h2-5,7-9,11-16,18,21-22,31H,6,10,17,19-20,23H2,1H3,(H2,36,44)(H4,37,38,40);3-5H2,1-2H3/t31-;/m0./s1. The van der Waals surface area contributed by atoms with Crippen LogP contribution in [0.2, 0.25) is 0 Å². The molecule has 10 nitrogen and oxygen atoms in total. The van der Waals surface area contributed by atoms with Crippen LogP contribution in [0.25, 0.3) is 22.4 Å². The van der Waals surface area contributed by atoms with Crippen molar-refractivity contribution in [3.63, 3.8) is 0 Å². The lowest BCUT2D eigenvalue weighted by Gasteiger charge is -2.23. The first-order valence-electron chi connectivity index (χ1n) is 17.4. The van der Waals surface area contributed by atoms with Crippen LogP contribution in [0.3, 0.4) is 0 Å². The van der Waals surface area contributed by atoms with Crippen molar-refractivity contribution in [3.05, 3.63) is 120 Å². The molecule has 0 aliphatic carbocycles. The maximum Gasteiger partial charge on any atom is 0.254 e. The molecule has 2 heterocycles. The van der Waals surface area contributed by atoms with Crippen molar-refractivity contribution in [2.75, 3.05) is 13.1 Å². The van der Waals surface area contributed by atoms with Gasteiger partial charge in [0, 0.05) is 43.2 Å². The molecule has 0 saturated heterocycles. The van der Waals surface area contributed by atoms with Gasteiger partial charge in [-0.3, -0.25) is 19.6 Å². The lowest BCUT2D eigenvalue weighted by atomic mass is 10.1. The van der Waals surface area contributed by atoms with Gasteiger partial charge >= 0.3 is 0 Å². The highest BCUT2D eigenvalue weighted by molar-refractivity contribution is 5.98. The number of primary amides is 1. The van der Waals surface area contributed by atoms with Gasteiger partial charge in [0.15, 0.2) is 5.96 Å². The van der Waals surface area contributed by atoms with Gasteiger partial charge in [-0.15, -0.1) is 0 Å². The van der Waals surface area contributed by atoms with E-state index in [1.807, 2.05) is 77.1 Å². The monoisotopic (exact) mass is 674 g/mol. The van der Waals surface area contributed by atoms with Gasteiger partial charge in [0.2, 0.25) is 5.91 Å². The second-order valence-electron chi connectivity index (χ2n) is 12.4. The van der Waals surface area contributed by atoms with Crippen LogP contribution in [-0.2, 0) is 17.8 Å². The number of rotatable bonds is 15. The van der Waals surface area contributed by atoms with E-state index in [-0.39, 0.29) is 11.9 Å². The van der Waals surface area contributed by atoms with Gasteiger partial charge in [-0.25, -0.2) is 4.98 Å². The first kappa shape index (κ1) is 37.3. The number of guanidine groups is 1. The van der Waals surface area contributed by atoms with E-state index in [4.69, 9.17) is 22.2 Å². The highest BCUT2D eigenvalue weighted by atomic mass is 16.2. The van der Waals surface area contributed by atoms with Crippen LogP contribution < -0.4 is 17.2 Å². The molecule has 1 atom stereocenters. The van der Waals surface area contributed by atoms with Gasteiger partial charge in [0.05, 0.1) is 11.0 Å². The van der Waals surface area contributed by atoms with E-state index in [9.17, 15) is 9.59 Å². The fraction of sp³-hybridized carbons (Fsp3) is 0.325. The maximum absolute atomic E-state index is 14.0. The van der Waals surface area contributed by atoms with Gasteiger partial charge in [0.1, 0.15) is 11.9 Å². The number of fused-ring (bicyclic) bond motifs is 1. The Morgan fingerprint density at radius 3 is 2.22 bits per heavy atom. The Morgan fingerprint density at radius 1 is 0.880 bits per heavy atom. The van der Waals surface area contributed by atoms with Crippen molar-refractivity contribution in [3.8, 4) is 11.4 Å². The molecule has 0 spiro atoms. The van der Waals surface area contributed by atoms with E-state index in [1.54, 1.807) is 24.5 Å². The van der Waals surface area contributed by atoms with E-state index in [2.05, 4.69) is 36.0 Å². The van der Waals surface area contributed by atoms with Crippen LogP contribution in [0.15, 0.2) is 102 Å². The summed E-state index contributed by atoms with van der Waals surface area (Å²) < 4.78 is 1.87. The molecule has 50 heavy (non-hydrogen) atoms. The third-order valence-electron chi connectivity index (χ3n) is 8.42. The van der Waals surface area contributed by atoms with Crippen LogP contribution in [-0.4, -0.2) is 50.3 Å².